The summed E-state index contributed by atoms with van der Waals surface area (Å²) >= 11 is 2.35. The van der Waals surface area contributed by atoms with Crippen molar-refractivity contribution < 1.29 is 0 Å². The van der Waals surface area contributed by atoms with E-state index < -0.39 is 0 Å². The average Bonchev–Trinajstić information content (AvgIpc) is 3.13. The molecule has 0 aromatic heterocycles. The van der Waals surface area contributed by atoms with Gasteiger partial charge in [0.05, 0.1) is 0 Å². The normalized spacial score (nSPS) is 42.4. The van der Waals surface area contributed by atoms with E-state index >= 15 is 0 Å². The van der Waals surface area contributed by atoms with Crippen molar-refractivity contribution in [3.63, 3.8) is 0 Å². The molecule has 0 N–H and O–H groups in total. The van der Waals surface area contributed by atoms with Crippen molar-refractivity contribution in [2.24, 2.45) is 23.7 Å². The molecule has 4 atom stereocenters. The van der Waals surface area contributed by atoms with Gasteiger partial charge in [0.2, 0.25) is 0 Å². The summed E-state index contributed by atoms with van der Waals surface area (Å²) in [4.78, 5) is 0. The second-order valence-corrected chi connectivity index (χ2v) is 10.00. The Balaban J connectivity index is 1.41. The average molecular weight is 327 g/mol. The fourth-order valence-electron chi connectivity index (χ4n) is 5.51. The quantitative estimate of drug-likeness (QED) is 0.572. The van der Waals surface area contributed by atoms with Gasteiger partial charge in [0.1, 0.15) is 0 Å². The largest absolute Gasteiger partial charge is 0.155 e. The van der Waals surface area contributed by atoms with Crippen LogP contribution in [0.4, 0.5) is 0 Å². The van der Waals surface area contributed by atoms with Crippen LogP contribution >= 0.6 is 11.8 Å². The van der Waals surface area contributed by atoms with Crippen molar-refractivity contribution in [2.45, 2.75) is 63.9 Å². The van der Waals surface area contributed by atoms with Crippen LogP contribution in [0, 0.1) is 23.7 Å². The van der Waals surface area contributed by atoms with Gasteiger partial charge in [-0.1, -0.05) is 46.6 Å². The minimum atomic E-state index is 0.837. The van der Waals surface area contributed by atoms with Gasteiger partial charge < -0.3 is 0 Å². The number of allylic oxidation sites excluding steroid dienone is 8. The Morgan fingerprint density at radius 3 is 1.09 bits per heavy atom. The van der Waals surface area contributed by atoms with Gasteiger partial charge in [-0.2, -0.15) is 11.8 Å². The van der Waals surface area contributed by atoms with Crippen LogP contribution in [0.15, 0.2) is 46.6 Å². The van der Waals surface area contributed by atoms with Gasteiger partial charge in [0.15, 0.2) is 0 Å². The van der Waals surface area contributed by atoms with Crippen LogP contribution in [-0.2, 0) is 0 Å². The van der Waals surface area contributed by atoms with Crippen LogP contribution in [0.25, 0.3) is 0 Å². The first-order valence-electron chi connectivity index (χ1n) is 9.38. The molecule has 0 aliphatic heterocycles. The van der Waals surface area contributed by atoms with Crippen LogP contribution in [0.1, 0.15) is 53.4 Å². The molecule has 1 heteroatoms. The van der Waals surface area contributed by atoms with E-state index in [1.54, 1.807) is 22.3 Å². The summed E-state index contributed by atoms with van der Waals surface area (Å²) in [6, 6.07) is 0. The van der Waals surface area contributed by atoms with E-state index in [1.165, 1.54) is 25.7 Å². The monoisotopic (exact) mass is 326 g/mol. The lowest BCUT2D eigenvalue weighted by Crippen LogP contribution is -2.13. The summed E-state index contributed by atoms with van der Waals surface area (Å²) in [6.45, 7) is 9.39. The Kier molecular flexibility index (Phi) is 4.12. The molecule has 2 saturated carbocycles. The zero-order valence-electron chi connectivity index (χ0n) is 15.0. The molecule has 4 aliphatic carbocycles. The molecule has 124 valence electrons. The summed E-state index contributed by atoms with van der Waals surface area (Å²) in [5, 5.41) is 1.77. The number of hydrogen-bond acceptors (Lipinski definition) is 1. The van der Waals surface area contributed by atoms with Crippen LogP contribution in [0.3, 0.4) is 0 Å². The van der Waals surface area contributed by atoms with Crippen molar-refractivity contribution in [2.75, 3.05) is 0 Å². The van der Waals surface area contributed by atoms with Crippen molar-refractivity contribution in [1.29, 1.82) is 0 Å². The summed E-state index contributed by atoms with van der Waals surface area (Å²) < 4.78 is 0. The lowest BCUT2D eigenvalue weighted by atomic mass is 9.81. The Morgan fingerprint density at radius 1 is 0.565 bits per heavy atom. The summed E-state index contributed by atoms with van der Waals surface area (Å²) in [6.07, 6.45) is 15.1. The molecule has 0 spiro atoms. The standard InChI is InChI=1S/C22H30S/c1-13-5-6-14(2)20-10-17(9-19(13)20)23-18-11-21-15(3)7-8-16(4)22(21)12-18/h5-8,17-22H,9-12H2,1-4H3. The summed E-state index contributed by atoms with van der Waals surface area (Å²) in [7, 11) is 0. The minimum Gasteiger partial charge on any atom is -0.155 e. The molecule has 4 rings (SSSR count). The number of hydrogen-bond donors (Lipinski definition) is 0. The van der Waals surface area contributed by atoms with Crippen molar-refractivity contribution in [1.82, 2.24) is 0 Å². The van der Waals surface area contributed by atoms with Gasteiger partial charge in [-0.05, 0) is 77.0 Å². The van der Waals surface area contributed by atoms with Gasteiger partial charge in [0.25, 0.3) is 0 Å². The fourth-order valence-corrected chi connectivity index (χ4v) is 7.33. The third-order valence-corrected chi connectivity index (χ3v) is 8.52. The minimum absolute atomic E-state index is 0.837. The molecule has 0 bridgehead atoms. The molecule has 23 heavy (non-hydrogen) atoms. The molecular formula is C22H30S. The molecule has 0 saturated heterocycles. The predicted octanol–water partition coefficient (Wildman–Crippen LogP) is 6.32. The van der Waals surface area contributed by atoms with E-state index in [2.05, 4.69) is 63.8 Å². The van der Waals surface area contributed by atoms with Crippen molar-refractivity contribution in [3.8, 4) is 0 Å². The third-order valence-electron chi connectivity index (χ3n) is 6.98. The molecule has 4 aliphatic rings. The molecule has 0 aromatic rings. The molecule has 2 fully saturated rings. The maximum atomic E-state index is 2.37. The first kappa shape index (κ1) is 15.8. The maximum absolute atomic E-state index is 2.37. The van der Waals surface area contributed by atoms with Crippen molar-refractivity contribution >= 4 is 11.8 Å². The highest BCUT2D eigenvalue weighted by Gasteiger charge is 2.42. The highest BCUT2D eigenvalue weighted by atomic mass is 32.2. The highest BCUT2D eigenvalue weighted by molar-refractivity contribution is 8.00. The van der Waals surface area contributed by atoms with Crippen LogP contribution in [0.5, 0.6) is 0 Å². The Bertz CT molecular complexity index is 512. The van der Waals surface area contributed by atoms with Gasteiger partial charge in [-0.15, -0.1) is 0 Å². The SMILES string of the molecule is CC1=CC=C(C)C2CC(SC3CC4C(C)=CC=C(C)C4C3)CC12. The van der Waals surface area contributed by atoms with Crippen LogP contribution in [-0.4, -0.2) is 10.5 Å². The van der Waals surface area contributed by atoms with E-state index in [9.17, 15) is 0 Å². The lowest BCUT2D eigenvalue weighted by Gasteiger charge is -2.24. The van der Waals surface area contributed by atoms with E-state index in [1.807, 2.05) is 0 Å². The zero-order chi connectivity index (χ0) is 16.1. The Hall–Kier alpha value is -0.690. The van der Waals surface area contributed by atoms with Gasteiger partial charge >= 0.3 is 0 Å². The molecular weight excluding hydrogens is 296 g/mol. The summed E-state index contributed by atoms with van der Waals surface area (Å²) in [5.74, 6) is 3.35. The van der Waals surface area contributed by atoms with E-state index in [0.29, 0.717) is 0 Å². The smallest absolute Gasteiger partial charge is 0.00616 e. The molecule has 0 nitrogen and oxygen atoms in total. The van der Waals surface area contributed by atoms with Crippen LogP contribution in [0.2, 0.25) is 0 Å². The fraction of sp³-hybridized carbons (Fsp3) is 0.636. The van der Waals surface area contributed by atoms with Crippen LogP contribution < -0.4 is 0 Å². The predicted molar refractivity (Wildman–Crippen MR) is 103 cm³/mol. The Morgan fingerprint density at radius 2 is 0.826 bits per heavy atom. The van der Waals surface area contributed by atoms with E-state index in [-0.39, 0.29) is 0 Å². The lowest BCUT2D eigenvalue weighted by molar-refractivity contribution is 0.496. The second-order valence-electron chi connectivity index (χ2n) is 8.39. The number of fused-ring (bicyclic) bond motifs is 2. The topological polar surface area (TPSA) is 0 Å². The van der Waals surface area contributed by atoms with E-state index in [4.69, 9.17) is 0 Å². The summed E-state index contributed by atoms with van der Waals surface area (Å²) in [5.41, 5.74) is 6.50. The second kappa shape index (κ2) is 5.99. The van der Waals surface area contributed by atoms with E-state index in [0.717, 1.165) is 34.2 Å². The Labute approximate surface area is 146 Å². The highest BCUT2D eigenvalue weighted by Crippen LogP contribution is 2.53. The molecule has 0 heterocycles. The van der Waals surface area contributed by atoms with Gasteiger partial charge in [-0.3, -0.25) is 0 Å². The molecule has 0 aromatic carbocycles. The first-order chi connectivity index (χ1) is 11.0. The van der Waals surface area contributed by atoms with Crippen molar-refractivity contribution in [3.05, 3.63) is 46.6 Å². The maximum Gasteiger partial charge on any atom is 0.00616 e. The third kappa shape index (κ3) is 2.80. The van der Waals surface area contributed by atoms with Gasteiger partial charge in [0, 0.05) is 10.5 Å². The zero-order valence-corrected chi connectivity index (χ0v) is 15.8. The first-order valence-corrected chi connectivity index (χ1v) is 10.3. The molecule has 4 unspecified atom stereocenters. The van der Waals surface area contributed by atoms with Gasteiger partial charge in [-0.25, -0.2) is 0 Å². The molecule has 0 amide bonds. The number of thioether (sulfide) groups is 1. The molecule has 0 radical (unpaired) electrons. The number of rotatable bonds is 2.